The second-order valence-electron chi connectivity index (χ2n) is 7.19. The molecule has 2 heteroatoms. The van der Waals surface area contributed by atoms with Gasteiger partial charge < -0.3 is 4.74 Å². The van der Waals surface area contributed by atoms with Crippen molar-refractivity contribution in [3.8, 4) is 0 Å². The molecule has 0 aliphatic carbocycles. The third kappa shape index (κ3) is 5.53. The van der Waals surface area contributed by atoms with Crippen LogP contribution in [0.15, 0.2) is 24.3 Å². The fourth-order valence-electron chi connectivity index (χ4n) is 2.68. The Balaban J connectivity index is 2.74. The Morgan fingerprint density at radius 2 is 1.71 bits per heavy atom. The molecule has 21 heavy (non-hydrogen) atoms. The van der Waals surface area contributed by atoms with E-state index in [0.717, 1.165) is 12.8 Å². The van der Waals surface area contributed by atoms with E-state index in [4.69, 9.17) is 4.74 Å². The van der Waals surface area contributed by atoms with Crippen LogP contribution in [0.5, 0.6) is 0 Å². The van der Waals surface area contributed by atoms with Crippen molar-refractivity contribution in [1.82, 2.24) is 0 Å². The molecular weight excluding hydrogens is 260 g/mol. The summed E-state index contributed by atoms with van der Waals surface area (Å²) in [5, 5.41) is 0. The van der Waals surface area contributed by atoms with E-state index in [-0.39, 0.29) is 11.4 Å². The average Bonchev–Trinajstić information content (AvgIpc) is 2.42. The Bertz CT molecular complexity index is 438. The molecule has 0 heterocycles. The van der Waals surface area contributed by atoms with E-state index in [2.05, 4.69) is 58.9 Å². The maximum atomic E-state index is 11.2. The Morgan fingerprint density at radius 3 is 2.14 bits per heavy atom. The van der Waals surface area contributed by atoms with Gasteiger partial charge in [0.1, 0.15) is 0 Å². The van der Waals surface area contributed by atoms with E-state index in [1.807, 2.05) is 0 Å². The first-order chi connectivity index (χ1) is 9.75. The predicted octanol–water partition coefficient (Wildman–Crippen LogP) is 5.07. The van der Waals surface area contributed by atoms with Crippen molar-refractivity contribution >= 4 is 5.97 Å². The van der Waals surface area contributed by atoms with Gasteiger partial charge in [-0.05, 0) is 41.2 Å². The van der Waals surface area contributed by atoms with Crippen LogP contribution in [0.25, 0.3) is 0 Å². The standard InChI is InChI=1S/C19H30O2/c1-14(2)17(8-7-9-18(20)21-6)15-10-12-16(13-11-15)19(3,4)5/h10-14,17H,7-9H2,1-6H3. The highest BCUT2D eigenvalue weighted by molar-refractivity contribution is 5.69. The highest BCUT2D eigenvalue weighted by Crippen LogP contribution is 2.31. The van der Waals surface area contributed by atoms with Crippen molar-refractivity contribution in [2.45, 2.75) is 65.2 Å². The van der Waals surface area contributed by atoms with E-state index < -0.39 is 0 Å². The highest BCUT2D eigenvalue weighted by Gasteiger charge is 2.18. The maximum Gasteiger partial charge on any atom is 0.305 e. The van der Waals surface area contributed by atoms with E-state index >= 15 is 0 Å². The van der Waals surface area contributed by atoms with Gasteiger partial charge in [0.05, 0.1) is 7.11 Å². The molecule has 1 aromatic rings. The molecule has 0 fully saturated rings. The highest BCUT2D eigenvalue weighted by atomic mass is 16.5. The maximum absolute atomic E-state index is 11.2. The molecule has 1 rings (SSSR count). The van der Waals surface area contributed by atoms with Gasteiger partial charge in [0.2, 0.25) is 0 Å². The summed E-state index contributed by atoms with van der Waals surface area (Å²) in [6, 6.07) is 8.99. The van der Waals surface area contributed by atoms with Gasteiger partial charge in [0, 0.05) is 6.42 Å². The van der Waals surface area contributed by atoms with Gasteiger partial charge >= 0.3 is 5.97 Å². The summed E-state index contributed by atoms with van der Waals surface area (Å²) in [5.41, 5.74) is 2.93. The normalized spacial score (nSPS) is 13.3. The molecule has 2 nitrogen and oxygen atoms in total. The van der Waals surface area contributed by atoms with Crippen molar-refractivity contribution in [3.63, 3.8) is 0 Å². The SMILES string of the molecule is COC(=O)CCCC(c1ccc(C(C)(C)C)cc1)C(C)C. The number of benzene rings is 1. The largest absolute Gasteiger partial charge is 0.469 e. The Kier molecular flexibility index (Phi) is 6.44. The fraction of sp³-hybridized carbons (Fsp3) is 0.632. The molecule has 118 valence electrons. The number of ether oxygens (including phenoxy) is 1. The number of hydrogen-bond donors (Lipinski definition) is 0. The average molecular weight is 290 g/mol. The zero-order chi connectivity index (χ0) is 16.0. The second kappa shape index (κ2) is 7.63. The zero-order valence-corrected chi connectivity index (χ0v) is 14.4. The van der Waals surface area contributed by atoms with Crippen LogP contribution in [0.2, 0.25) is 0 Å². The smallest absolute Gasteiger partial charge is 0.305 e. The van der Waals surface area contributed by atoms with Gasteiger partial charge in [-0.1, -0.05) is 58.9 Å². The molecule has 0 saturated carbocycles. The lowest BCUT2D eigenvalue weighted by Crippen LogP contribution is -2.12. The monoisotopic (exact) mass is 290 g/mol. The van der Waals surface area contributed by atoms with Gasteiger partial charge in [0.25, 0.3) is 0 Å². The summed E-state index contributed by atoms with van der Waals surface area (Å²) in [5.74, 6) is 0.965. The Labute approximate surface area is 129 Å². The van der Waals surface area contributed by atoms with Crippen LogP contribution in [0.3, 0.4) is 0 Å². The molecule has 0 N–H and O–H groups in total. The van der Waals surface area contributed by atoms with E-state index in [1.54, 1.807) is 0 Å². The van der Waals surface area contributed by atoms with Gasteiger partial charge in [-0.3, -0.25) is 4.79 Å². The number of hydrogen-bond acceptors (Lipinski definition) is 2. The molecule has 0 saturated heterocycles. The van der Waals surface area contributed by atoms with Gasteiger partial charge in [0.15, 0.2) is 0 Å². The lowest BCUT2D eigenvalue weighted by atomic mass is 9.81. The van der Waals surface area contributed by atoms with E-state index in [1.165, 1.54) is 18.2 Å². The summed E-state index contributed by atoms with van der Waals surface area (Å²) >= 11 is 0. The Morgan fingerprint density at radius 1 is 1.14 bits per heavy atom. The van der Waals surface area contributed by atoms with Crippen molar-refractivity contribution in [2.24, 2.45) is 5.92 Å². The second-order valence-corrected chi connectivity index (χ2v) is 7.19. The first-order valence-electron chi connectivity index (χ1n) is 7.93. The third-order valence-corrected chi connectivity index (χ3v) is 4.13. The van der Waals surface area contributed by atoms with Crippen LogP contribution >= 0.6 is 0 Å². The predicted molar refractivity (Wildman–Crippen MR) is 88.6 cm³/mol. The first-order valence-corrected chi connectivity index (χ1v) is 7.93. The van der Waals surface area contributed by atoms with Gasteiger partial charge in [-0.25, -0.2) is 0 Å². The van der Waals surface area contributed by atoms with Crippen molar-refractivity contribution in [1.29, 1.82) is 0 Å². The van der Waals surface area contributed by atoms with Gasteiger partial charge in [-0.15, -0.1) is 0 Å². The van der Waals surface area contributed by atoms with Crippen molar-refractivity contribution < 1.29 is 9.53 Å². The number of methoxy groups -OCH3 is 1. The lowest BCUT2D eigenvalue weighted by molar-refractivity contribution is -0.140. The zero-order valence-electron chi connectivity index (χ0n) is 14.4. The van der Waals surface area contributed by atoms with Crippen LogP contribution in [0.4, 0.5) is 0 Å². The van der Waals surface area contributed by atoms with Crippen LogP contribution in [-0.4, -0.2) is 13.1 Å². The first kappa shape index (κ1) is 17.7. The summed E-state index contributed by atoms with van der Waals surface area (Å²) in [6.07, 6.45) is 2.43. The van der Waals surface area contributed by atoms with Crippen LogP contribution < -0.4 is 0 Å². The van der Waals surface area contributed by atoms with Gasteiger partial charge in [-0.2, -0.15) is 0 Å². The topological polar surface area (TPSA) is 26.3 Å². The van der Waals surface area contributed by atoms with Crippen LogP contribution in [0, 0.1) is 5.92 Å². The molecule has 0 aliphatic rings. The Hall–Kier alpha value is -1.31. The van der Waals surface area contributed by atoms with E-state index in [9.17, 15) is 4.79 Å². The van der Waals surface area contributed by atoms with E-state index in [0.29, 0.717) is 18.3 Å². The minimum atomic E-state index is -0.111. The molecule has 0 radical (unpaired) electrons. The molecule has 0 spiro atoms. The number of rotatable bonds is 6. The molecule has 1 aromatic carbocycles. The molecule has 0 aliphatic heterocycles. The fourth-order valence-corrected chi connectivity index (χ4v) is 2.68. The number of carbonyl (C=O) groups is 1. The minimum Gasteiger partial charge on any atom is -0.469 e. The molecular formula is C19H30O2. The third-order valence-electron chi connectivity index (χ3n) is 4.13. The van der Waals surface area contributed by atoms with Crippen molar-refractivity contribution in [2.75, 3.05) is 7.11 Å². The number of carbonyl (C=O) groups excluding carboxylic acids is 1. The summed E-state index contributed by atoms with van der Waals surface area (Å²) in [6.45, 7) is 11.2. The van der Waals surface area contributed by atoms with Crippen molar-refractivity contribution in [3.05, 3.63) is 35.4 Å². The number of esters is 1. The molecule has 0 bridgehead atoms. The summed E-state index contributed by atoms with van der Waals surface area (Å²) in [7, 11) is 1.45. The summed E-state index contributed by atoms with van der Waals surface area (Å²) < 4.78 is 4.71. The quantitative estimate of drug-likeness (QED) is 0.684. The molecule has 0 aromatic heterocycles. The molecule has 1 unspecified atom stereocenters. The van der Waals surface area contributed by atoms with Crippen LogP contribution in [0.1, 0.15) is 70.9 Å². The summed E-state index contributed by atoms with van der Waals surface area (Å²) in [4.78, 5) is 11.2. The molecule has 1 atom stereocenters. The lowest BCUT2D eigenvalue weighted by Gasteiger charge is -2.24. The minimum absolute atomic E-state index is 0.111. The molecule has 0 amide bonds. The van der Waals surface area contributed by atoms with Crippen LogP contribution in [-0.2, 0) is 14.9 Å².